The van der Waals surface area contributed by atoms with E-state index in [9.17, 15) is 4.39 Å². The van der Waals surface area contributed by atoms with Crippen molar-refractivity contribution in [2.24, 2.45) is 0 Å². The van der Waals surface area contributed by atoms with Crippen LogP contribution in [0, 0.1) is 31.0 Å². The minimum absolute atomic E-state index is 0.181. The predicted octanol–water partition coefficient (Wildman–Crippen LogP) is 2.35. The van der Waals surface area contributed by atoms with Crippen LogP contribution < -0.4 is 5.73 Å². The van der Waals surface area contributed by atoms with Crippen molar-refractivity contribution in [2.45, 2.75) is 13.8 Å². The predicted molar refractivity (Wildman–Crippen MR) is 66.0 cm³/mol. The fourth-order valence-corrected chi connectivity index (χ4v) is 1.70. The molecule has 0 saturated heterocycles. The Labute approximate surface area is 104 Å². The molecular formula is C13H11FN4. The first-order chi connectivity index (χ1) is 8.54. The minimum atomic E-state index is -0.604. The van der Waals surface area contributed by atoms with Gasteiger partial charge in [-0.05, 0) is 25.5 Å². The summed E-state index contributed by atoms with van der Waals surface area (Å²) in [5.41, 5.74) is 7.66. The molecule has 0 atom stereocenters. The molecule has 0 saturated carbocycles. The third-order valence-electron chi connectivity index (χ3n) is 2.74. The third kappa shape index (κ3) is 1.89. The second-order valence-electron chi connectivity index (χ2n) is 3.92. The van der Waals surface area contributed by atoms with Crippen LogP contribution in [0.1, 0.15) is 16.8 Å². The normalized spacial score (nSPS) is 10.1. The highest BCUT2D eigenvalue weighted by Gasteiger charge is 2.13. The summed E-state index contributed by atoms with van der Waals surface area (Å²) in [5.74, 6) is -0.451. The van der Waals surface area contributed by atoms with Crippen molar-refractivity contribution in [1.82, 2.24) is 9.97 Å². The first kappa shape index (κ1) is 12.0. The van der Waals surface area contributed by atoms with Gasteiger partial charge in [0.1, 0.15) is 0 Å². The van der Waals surface area contributed by atoms with Crippen LogP contribution in [0.2, 0.25) is 0 Å². The number of benzene rings is 1. The largest absolute Gasteiger partial charge is 0.381 e. The van der Waals surface area contributed by atoms with Crippen LogP contribution in [-0.4, -0.2) is 9.97 Å². The highest BCUT2D eigenvalue weighted by Crippen LogP contribution is 2.24. The van der Waals surface area contributed by atoms with E-state index in [4.69, 9.17) is 11.0 Å². The number of aryl methyl sites for hydroxylation is 1. The number of aromatic nitrogens is 2. The molecule has 4 nitrogen and oxygen atoms in total. The van der Waals surface area contributed by atoms with Crippen molar-refractivity contribution in [3.8, 4) is 17.5 Å². The Kier molecular flexibility index (Phi) is 2.94. The minimum Gasteiger partial charge on any atom is -0.381 e. The zero-order chi connectivity index (χ0) is 13.3. The highest BCUT2D eigenvalue weighted by atomic mass is 19.1. The zero-order valence-electron chi connectivity index (χ0n) is 10.0. The Bertz CT molecular complexity index is 636. The summed E-state index contributed by atoms with van der Waals surface area (Å²) >= 11 is 0. The summed E-state index contributed by atoms with van der Waals surface area (Å²) < 4.78 is 13.4. The Morgan fingerprint density at radius 1 is 1.28 bits per heavy atom. The van der Waals surface area contributed by atoms with Gasteiger partial charge >= 0.3 is 0 Å². The second kappa shape index (κ2) is 4.41. The number of nitrogen functional groups attached to an aromatic ring is 1. The van der Waals surface area contributed by atoms with Gasteiger partial charge in [0, 0.05) is 5.56 Å². The quantitative estimate of drug-likeness (QED) is 0.832. The van der Waals surface area contributed by atoms with E-state index in [0.29, 0.717) is 17.0 Å². The van der Waals surface area contributed by atoms with Crippen molar-refractivity contribution in [2.75, 3.05) is 5.73 Å². The summed E-state index contributed by atoms with van der Waals surface area (Å²) in [6, 6.07) is 7.31. The number of rotatable bonds is 1. The fraction of sp³-hybridized carbons (Fsp3) is 0.154. The zero-order valence-corrected chi connectivity index (χ0v) is 10.0. The van der Waals surface area contributed by atoms with Crippen molar-refractivity contribution >= 4 is 5.82 Å². The summed E-state index contributed by atoms with van der Waals surface area (Å²) in [4.78, 5) is 7.99. The van der Waals surface area contributed by atoms with E-state index in [2.05, 4.69) is 16.0 Å². The maximum Gasteiger partial charge on any atom is 0.186 e. The molecule has 2 N–H and O–H groups in total. The second-order valence-corrected chi connectivity index (χ2v) is 3.92. The smallest absolute Gasteiger partial charge is 0.186 e. The van der Waals surface area contributed by atoms with Crippen LogP contribution in [0.25, 0.3) is 11.4 Å². The van der Waals surface area contributed by atoms with Crippen LogP contribution in [0.5, 0.6) is 0 Å². The van der Waals surface area contributed by atoms with Crippen LogP contribution in [0.3, 0.4) is 0 Å². The van der Waals surface area contributed by atoms with Crippen LogP contribution in [0.15, 0.2) is 18.2 Å². The van der Waals surface area contributed by atoms with E-state index in [-0.39, 0.29) is 11.5 Å². The van der Waals surface area contributed by atoms with Gasteiger partial charge in [-0.1, -0.05) is 12.1 Å². The number of nitrogens with zero attached hydrogens (tertiary/aromatic N) is 3. The van der Waals surface area contributed by atoms with E-state index in [0.717, 1.165) is 5.56 Å². The number of nitriles is 1. The van der Waals surface area contributed by atoms with Crippen LogP contribution in [-0.2, 0) is 0 Å². The molecule has 2 rings (SSSR count). The van der Waals surface area contributed by atoms with Crippen molar-refractivity contribution < 1.29 is 4.39 Å². The molecule has 0 fully saturated rings. The summed E-state index contributed by atoms with van der Waals surface area (Å²) in [6.45, 7) is 3.33. The van der Waals surface area contributed by atoms with E-state index in [1.54, 1.807) is 25.1 Å². The van der Waals surface area contributed by atoms with E-state index in [1.165, 1.54) is 6.92 Å². The Balaban J connectivity index is 2.67. The van der Waals surface area contributed by atoms with Gasteiger partial charge in [0.15, 0.2) is 17.5 Å². The molecule has 0 aliphatic heterocycles. The fourth-order valence-electron chi connectivity index (χ4n) is 1.70. The lowest BCUT2D eigenvalue weighted by Gasteiger charge is -2.08. The van der Waals surface area contributed by atoms with Gasteiger partial charge in [-0.15, -0.1) is 0 Å². The summed E-state index contributed by atoms with van der Waals surface area (Å²) in [5, 5.41) is 8.97. The molecule has 1 aromatic carbocycles. The number of halogens is 1. The molecular weight excluding hydrogens is 231 g/mol. The number of nitrogens with two attached hydrogens (primary N) is 1. The molecule has 0 aliphatic carbocycles. The van der Waals surface area contributed by atoms with Gasteiger partial charge in [0.2, 0.25) is 0 Å². The number of hydrogen-bond acceptors (Lipinski definition) is 4. The Morgan fingerprint density at radius 2 is 2.00 bits per heavy atom. The Hall–Kier alpha value is -2.48. The summed E-state index contributed by atoms with van der Waals surface area (Å²) in [7, 11) is 0. The standard InChI is InChI=1S/C13H11FN4/c1-7-9(6-15)4-3-5-10(7)13-17-8(2)11(14)12(16)18-13/h3-5H,1-2H3,(H2,16,17,18). The van der Waals surface area contributed by atoms with E-state index < -0.39 is 5.82 Å². The van der Waals surface area contributed by atoms with Gasteiger partial charge in [-0.25, -0.2) is 14.4 Å². The molecule has 1 heterocycles. The van der Waals surface area contributed by atoms with Crippen molar-refractivity contribution in [1.29, 1.82) is 5.26 Å². The van der Waals surface area contributed by atoms with Crippen molar-refractivity contribution in [3.05, 3.63) is 40.8 Å². The SMILES string of the molecule is Cc1nc(-c2cccc(C#N)c2C)nc(N)c1F. The summed E-state index contributed by atoms with van der Waals surface area (Å²) in [6.07, 6.45) is 0. The van der Waals surface area contributed by atoms with Crippen molar-refractivity contribution in [3.63, 3.8) is 0 Å². The maximum absolute atomic E-state index is 13.4. The van der Waals surface area contributed by atoms with Gasteiger partial charge in [-0.2, -0.15) is 5.26 Å². The molecule has 1 aromatic heterocycles. The molecule has 0 radical (unpaired) electrons. The van der Waals surface area contributed by atoms with Gasteiger partial charge in [-0.3, -0.25) is 0 Å². The molecule has 0 bridgehead atoms. The molecule has 5 heteroatoms. The van der Waals surface area contributed by atoms with Crippen LogP contribution >= 0.6 is 0 Å². The van der Waals surface area contributed by atoms with Gasteiger partial charge in [0.05, 0.1) is 17.3 Å². The third-order valence-corrected chi connectivity index (χ3v) is 2.74. The molecule has 0 amide bonds. The van der Waals surface area contributed by atoms with E-state index >= 15 is 0 Å². The maximum atomic E-state index is 13.4. The molecule has 18 heavy (non-hydrogen) atoms. The topological polar surface area (TPSA) is 75.6 Å². The lowest BCUT2D eigenvalue weighted by Crippen LogP contribution is -2.04. The molecule has 2 aromatic rings. The monoisotopic (exact) mass is 242 g/mol. The molecule has 0 aliphatic rings. The molecule has 0 unspecified atom stereocenters. The Morgan fingerprint density at radius 3 is 2.61 bits per heavy atom. The first-order valence-electron chi connectivity index (χ1n) is 5.34. The number of anilines is 1. The lowest BCUT2D eigenvalue weighted by molar-refractivity contribution is 0.608. The van der Waals surface area contributed by atoms with E-state index in [1.807, 2.05) is 0 Å². The van der Waals surface area contributed by atoms with Crippen LogP contribution in [0.4, 0.5) is 10.2 Å². The molecule has 90 valence electrons. The number of hydrogen-bond donors (Lipinski definition) is 1. The highest BCUT2D eigenvalue weighted by molar-refractivity contribution is 5.65. The average molecular weight is 242 g/mol. The lowest BCUT2D eigenvalue weighted by atomic mass is 10.0. The van der Waals surface area contributed by atoms with Gasteiger partial charge in [0.25, 0.3) is 0 Å². The molecule has 0 spiro atoms. The first-order valence-corrected chi connectivity index (χ1v) is 5.34. The average Bonchev–Trinajstić information content (AvgIpc) is 2.35. The van der Waals surface area contributed by atoms with Gasteiger partial charge < -0.3 is 5.73 Å².